The Morgan fingerprint density at radius 1 is 1.15 bits per heavy atom. The summed E-state index contributed by atoms with van der Waals surface area (Å²) >= 11 is 0. The zero-order valence-corrected chi connectivity index (χ0v) is 19.8. The number of hydrogen-bond acceptors (Lipinski definition) is 5. The number of nitrogens with one attached hydrogen (secondary N) is 1. The lowest BCUT2D eigenvalue weighted by Crippen LogP contribution is -2.46. The lowest BCUT2D eigenvalue weighted by molar-refractivity contribution is -0.127. The van der Waals surface area contributed by atoms with Gasteiger partial charge in [-0.15, -0.1) is 0 Å². The van der Waals surface area contributed by atoms with E-state index in [0.29, 0.717) is 24.8 Å². The van der Waals surface area contributed by atoms with Gasteiger partial charge < -0.3 is 9.84 Å². The van der Waals surface area contributed by atoms with Crippen LogP contribution in [0.3, 0.4) is 0 Å². The number of likely N-dealkylation sites (tertiary alicyclic amines) is 1. The summed E-state index contributed by atoms with van der Waals surface area (Å²) in [5.74, 6) is 1.32. The fourth-order valence-corrected chi connectivity index (χ4v) is 4.81. The van der Waals surface area contributed by atoms with Gasteiger partial charge in [0.1, 0.15) is 0 Å². The molecule has 1 amide bonds. The van der Waals surface area contributed by atoms with E-state index >= 15 is 0 Å². The molecule has 1 N–H and O–H groups in total. The third-order valence-electron chi connectivity index (χ3n) is 6.50. The predicted molar refractivity (Wildman–Crippen MR) is 129 cm³/mol. The molecule has 0 saturated carbocycles. The molecule has 6 heteroatoms. The van der Waals surface area contributed by atoms with Crippen molar-refractivity contribution >= 4 is 5.91 Å². The Morgan fingerprint density at radius 3 is 2.58 bits per heavy atom. The second kappa shape index (κ2) is 10.3. The Kier molecular flexibility index (Phi) is 7.23. The first-order chi connectivity index (χ1) is 15.9. The first kappa shape index (κ1) is 23.2. The van der Waals surface area contributed by atoms with Crippen LogP contribution in [0.25, 0.3) is 11.4 Å². The summed E-state index contributed by atoms with van der Waals surface area (Å²) in [7, 11) is 0. The molecule has 3 aromatic rings. The van der Waals surface area contributed by atoms with E-state index in [2.05, 4.69) is 65.4 Å². The van der Waals surface area contributed by atoms with Crippen LogP contribution >= 0.6 is 0 Å². The minimum Gasteiger partial charge on any atom is -0.353 e. The third kappa shape index (κ3) is 6.08. The third-order valence-corrected chi connectivity index (χ3v) is 6.50. The first-order valence-electron chi connectivity index (χ1n) is 11.9. The molecule has 1 fully saturated rings. The molecule has 0 bridgehead atoms. The summed E-state index contributed by atoms with van der Waals surface area (Å²) in [6.07, 6.45) is 2.79. The molecule has 1 aromatic heterocycles. The topological polar surface area (TPSA) is 71.3 Å². The van der Waals surface area contributed by atoms with E-state index in [0.717, 1.165) is 31.4 Å². The molecule has 2 atom stereocenters. The highest BCUT2D eigenvalue weighted by Crippen LogP contribution is 2.28. The highest BCUT2D eigenvalue weighted by Gasteiger charge is 2.29. The summed E-state index contributed by atoms with van der Waals surface area (Å²) in [5.41, 5.74) is 2.24. The Morgan fingerprint density at radius 2 is 1.85 bits per heavy atom. The van der Waals surface area contributed by atoms with Gasteiger partial charge in [-0.25, -0.2) is 0 Å². The van der Waals surface area contributed by atoms with Gasteiger partial charge in [-0.2, -0.15) is 4.98 Å². The Balaban J connectivity index is 1.30. The number of carbonyl (C=O) groups excluding carboxylic acids is 1. The summed E-state index contributed by atoms with van der Waals surface area (Å²) in [4.78, 5) is 19.8. The van der Waals surface area contributed by atoms with E-state index in [4.69, 9.17) is 4.52 Å². The van der Waals surface area contributed by atoms with Crippen molar-refractivity contribution < 1.29 is 9.32 Å². The molecule has 174 valence electrons. The molecule has 1 aliphatic rings. The van der Waals surface area contributed by atoms with E-state index in [9.17, 15) is 4.79 Å². The van der Waals surface area contributed by atoms with Crippen LogP contribution in [0.1, 0.15) is 51.5 Å². The summed E-state index contributed by atoms with van der Waals surface area (Å²) in [6, 6.07) is 20.4. The normalized spacial score (nSPS) is 18.1. The maximum absolute atomic E-state index is 13.0. The molecule has 0 radical (unpaired) electrons. The SMILES string of the molecule is CC(CC(C)(C)c1ccccc1)NC(=O)C1CCCN(Cc2nc(-c3ccccc3)no2)C1. The van der Waals surface area contributed by atoms with Crippen molar-refractivity contribution in [2.24, 2.45) is 5.92 Å². The largest absolute Gasteiger partial charge is 0.353 e. The molecule has 6 nitrogen and oxygen atoms in total. The summed E-state index contributed by atoms with van der Waals surface area (Å²) in [6.45, 7) is 8.79. The van der Waals surface area contributed by atoms with E-state index in [1.165, 1.54) is 5.56 Å². The van der Waals surface area contributed by atoms with Gasteiger partial charge in [-0.3, -0.25) is 9.69 Å². The van der Waals surface area contributed by atoms with Crippen LogP contribution in [0.2, 0.25) is 0 Å². The maximum atomic E-state index is 13.0. The smallest absolute Gasteiger partial charge is 0.241 e. The van der Waals surface area contributed by atoms with E-state index in [1.54, 1.807) is 0 Å². The van der Waals surface area contributed by atoms with Gasteiger partial charge in [0, 0.05) is 18.2 Å². The maximum Gasteiger partial charge on any atom is 0.241 e. The molecule has 2 unspecified atom stereocenters. The molecule has 2 heterocycles. The molecule has 0 spiro atoms. The van der Waals surface area contributed by atoms with E-state index in [1.807, 2.05) is 36.4 Å². The number of benzene rings is 2. The molecule has 1 aliphatic heterocycles. The van der Waals surface area contributed by atoms with Gasteiger partial charge in [0.2, 0.25) is 17.6 Å². The number of amides is 1. The monoisotopic (exact) mass is 446 g/mol. The van der Waals surface area contributed by atoms with Crippen molar-refractivity contribution in [3.05, 3.63) is 72.1 Å². The number of hydrogen-bond donors (Lipinski definition) is 1. The second-order valence-electron chi connectivity index (χ2n) is 9.82. The van der Waals surface area contributed by atoms with Gasteiger partial charge >= 0.3 is 0 Å². The quantitative estimate of drug-likeness (QED) is 0.537. The van der Waals surface area contributed by atoms with Gasteiger partial charge in [0.25, 0.3) is 0 Å². The Bertz CT molecular complexity index is 1030. The zero-order chi connectivity index (χ0) is 23.3. The zero-order valence-electron chi connectivity index (χ0n) is 19.8. The lowest BCUT2D eigenvalue weighted by Gasteiger charge is -2.33. The fraction of sp³-hybridized carbons (Fsp3) is 0.444. The van der Waals surface area contributed by atoms with Crippen LogP contribution in [-0.4, -0.2) is 40.1 Å². The number of carbonyl (C=O) groups is 1. The summed E-state index contributed by atoms with van der Waals surface area (Å²) in [5, 5.41) is 7.38. The Hall–Kier alpha value is -2.99. The first-order valence-corrected chi connectivity index (χ1v) is 11.9. The van der Waals surface area contributed by atoms with E-state index in [-0.39, 0.29) is 23.3 Å². The highest BCUT2D eigenvalue weighted by atomic mass is 16.5. The molecule has 4 rings (SSSR count). The second-order valence-corrected chi connectivity index (χ2v) is 9.82. The minimum atomic E-state index is -0.0162. The molecule has 1 saturated heterocycles. The molecule has 2 aromatic carbocycles. The molecular formula is C27H34N4O2. The van der Waals surface area contributed by atoms with Gasteiger partial charge in [-0.1, -0.05) is 79.7 Å². The van der Waals surface area contributed by atoms with Crippen LogP contribution in [-0.2, 0) is 16.8 Å². The minimum absolute atomic E-state index is 0.000966. The number of nitrogens with zero attached hydrogens (tertiary/aromatic N) is 3. The van der Waals surface area contributed by atoms with Crippen molar-refractivity contribution in [3.8, 4) is 11.4 Å². The summed E-state index contributed by atoms with van der Waals surface area (Å²) < 4.78 is 5.48. The standard InChI is InChI=1S/C27H34N4O2/c1-20(17-27(2,3)23-14-8-5-9-15-23)28-26(32)22-13-10-16-31(18-22)19-24-29-25(30-33-24)21-11-6-4-7-12-21/h4-9,11-12,14-15,20,22H,10,13,16-19H2,1-3H3,(H,28,32). The van der Waals surface area contributed by atoms with Crippen molar-refractivity contribution in [3.63, 3.8) is 0 Å². The van der Waals surface area contributed by atoms with Crippen LogP contribution in [0.4, 0.5) is 0 Å². The average molecular weight is 447 g/mol. The predicted octanol–water partition coefficient (Wildman–Crippen LogP) is 4.82. The Labute approximate surface area is 196 Å². The molecular weight excluding hydrogens is 412 g/mol. The van der Waals surface area contributed by atoms with Crippen molar-refractivity contribution in [1.29, 1.82) is 0 Å². The van der Waals surface area contributed by atoms with Gasteiger partial charge in [-0.05, 0) is 43.7 Å². The van der Waals surface area contributed by atoms with E-state index < -0.39 is 0 Å². The number of rotatable bonds is 8. The number of piperidine rings is 1. The van der Waals surface area contributed by atoms with Crippen molar-refractivity contribution in [2.75, 3.05) is 13.1 Å². The lowest BCUT2D eigenvalue weighted by atomic mass is 9.79. The average Bonchev–Trinajstić information content (AvgIpc) is 3.28. The van der Waals surface area contributed by atoms with Crippen molar-refractivity contribution in [1.82, 2.24) is 20.4 Å². The van der Waals surface area contributed by atoms with Crippen LogP contribution in [0, 0.1) is 5.92 Å². The fourth-order valence-electron chi connectivity index (χ4n) is 4.81. The highest BCUT2D eigenvalue weighted by molar-refractivity contribution is 5.79. The van der Waals surface area contributed by atoms with Gasteiger partial charge in [0.15, 0.2) is 0 Å². The molecule has 0 aliphatic carbocycles. The van der Waals surface area contributed by atoms with Gasteiger partial charge in [0.05, 0.1) is 12.5 Å². The van der Waals surface area contributed by atoms with Crippen LogP contribution < -0.4 is 5.32 Å². The van der Waals surface area contributed by atoms with Crippen molar-refractivity contribution in [2.45, 2.75) is 58.0 Å². The number of aromatic nitrogens is 2. The van der Waals surface area contributed by atoms with Crippen LogP contribution in [0.5, 0.6) is 0 Å². The van der Waals surface area contributed by atoms with Crippen LogP contribution in [0.15, 0.2) is 65.2 Å². The molecule has 33 heavy (non-hydrogen) atoms.